The molecule has 2 aromatic carbocycles. The Morgan fingerprint density at radius 3 is 2.27 bits per heavy atom. The molecule has 9 nitrogen and oxygen atoms in total. The highest BCUT2D eigenvalue weighted by atomic mass is 16.6. The number of carboxylic acids is 1. The van der Waals surface area contributed by atoms with Gasteiger partial charge in [-0.25, -0.2) is 4.98 Å². The zero-order valence-electron chi connectivity index (χ0n) is 13.5. The number of para-hydroxylation sites is 1. The van der Waals surface area contributed by atoms with Crippen molar-refractivity contribution in [3.63, 3.8) is 0 Å². The molecule has 3 aromatic rings. The van der Waals surface area contributed by atoms with Crippen LogP contribution in [0.3, 0.4) is 0 Å². The number of hydrogen-bond acceptors (Lipinski definition) is 6. The average molecular weight is 355 g/mol. The summed E-state index contributed by atoms with van der Waals surface area (Å²) in [5.41, 5.74) is 0.303. The van der Waals surface area contributed by atoms with E-state index in [1.54, 1.807) is 0 Å². The van der Waals surface area contributed by atoms with Crippen LogP contribution in [0, 0.1) is 27.2 Å². The summed E-state index contributed by atoms with van der Waals surface area (Å²) >= 11 is 0. The molecular formula is C17H13N3O6. The first-order valence-electron chi connectivity index (χ1n) is 7.31. The van der Waals surface area contributed by atoms with Gasteiger partial charge in [0.2, 0.25) is 5.52 Å². The van der Waals surface area contributed by atoms with E-state index in [1.165, 1.54) is 16.6 Å². The minimum atomic E-state index is -1.75. The highest BCUT2D eigenvalue weighted by Gasteiger charge is 2.19. The minimum Gasteiger partial charge on any atom is -0.545 e. The number of nitro benzene ring substituents is 2. The van der Waals surface area contributed by atoms with Crippen LogP contribution in [-0.4, -0.2) is 15.8 Å². The maximum Gasteiger partial charge on any atom is 0.285 e. The fourth-order valence-electron chi connectivity index (χ4n) is 2.18. The highest BCUT2D eigenvalue weighted by molar-refractivity contribution is 5.91. The summed E-state index contributed by atoms with van der Waals surface area (Å²) in [5.74, 6) is -1.75. The van der Waals surface area contributed by atoms with Gasteiger partial charge in [0.1, 0.15) is 0 Å². The van der Waals surface area contributed by atoms with Crippen molar-refractivity contribution in [3.8, 4) is 0 Å². The predicted molar refractivity (Wildman–Crippen MR) is 89.3 cm³/mol. The van der Waals surface area contributed by atoms with Gasteiger partial charge in [-0.2, -0.15) is 0 Å². The predicted octanol–water partition coefficient (Wildman–Crippen LogP) is 1.83. The first kappa shape index (κ1) is 18.5. The molecule has 0 atom stereocenters. The first-order chi connectivity index (χ1) is 12.3. The number of benzene rings is 2. The van der Waals surface area contributed by atoms with Crippen LogP contribution in [0.15, 0.2) is 54.6 Å². The van der Waals surface area contributed by atoms with E-state index in [4.69, 9.17) is 0 Å². The van der Waals surface area contributed by atoms with Crippen LogP contribution < -0.4 is 10.1 Å². The van der Waals surface area contributed by atoms with Crippen LogP contribution in [0.2, 0.25) is 0 Å². The maximum absolute atomic E-state index is 10.4. The van der Waals surface area contributed by atoms with Crippen LogP contribution in [0.4, 0.5) is 11.4 Å². The zero-order chi connectivity index (χ0) is 19.3. The van der Waals surface area contributed by atoms with E-state index in [9.17, 15) is 30.1 Å². The lowest BCUT2D eigenvalue weighted by molar-refractivity contribution is -0.394. The maximum atomic E-state index is 10.4. The zero-order valence-corrected chi connectivity index (χ0v) is 13.5. The molecule has 0 aliphatic carbocycles. The van der Waals surface area contributed by atoms with Crippen molar-refractivity contribution in [1.82, 2.24) is 0 Å². The summed E-state index contributed by atoms with van der Waals surface area (Å²) in [6, 6.07) is 14.7. The lowest BCUT2D eigenvalue weighted by Gasteiger charge is -2.02. The molecule has 9 heteroatoms. The van der Waals surface area contributed by atoms with Gasteiger partial charge in [-0.15, -0.1) is 0 Å². The number of H-pyrrole nitrogens is 1. The number of nitro groups is 2. The van der Waals surface area contributed by atoms with Crippen molar-refractivity contribution in [1.29, 1.82) is 0 Å². The lowest BCUT2D eigenvalue weighted by atomic mass is 10.1. The van der Waals surface area contributed by atoms with Crippen LogP contribution in [0.25, 0.3) is 10.9 Å². The molecule has 0 fully saturated rings. The quantitative estimate of drug-likeness (QED) is 0.518. The normalized spacial score (nSPS) is 9.88. The number of hydrogen-bond donors (Lipinski definition) is 0. The Balaban J connectivity index is 0.000000195. The third-order valence-electron chi connectivity index (χ3n) is 3.41. The number of aromatic amines is 1. The Hall–Kier alpha value is -3.88. The summed E-state index contributed by atoms with van der Waals surface area (Å²) in [5, 5.41) is 32.4. The molecule has 1 N–H and O–H groups in total. The van der Waals surface area contributed by atoms with Crippen LogP contribution in [-0.2, 0) is 0 Å². The molecule has 0 amide bonds. The van der Waals surface area contributed by atoms with E-state index in [0.29, 0.717) is 6.07 Å². The number of non-ortho nitro benzene ring substituents is 1. The molecule has 0 unspecified atom stereocenters. The van der Waals surface area contributed by atoms with Crippen LogP contribution in [0.1, 0.15) is 16.1 Å². The third kappa shape index (κ3) is 4.35. The lowest BCUT2D eigenvalue weighted by Crippen LogP contribution is -2.23. The van der Waals surface area contributed by atoms with Gasteiger partial charge in [-0.3, -0.25) is 20.2 Å². The molecule has 0 bridgehead atoms. The summed E-state index contributed by atoms with van der Waals surface area (Å²) < 4.78 is 0. The van der Waals surface area contributed by atoms with Crippen LogP contribution >= 0.6 is 0 Å². The summed E-state index contributed by atoms with van der Waals surface area (Å²) in [4.78, 5) is 32.5. The smallest absolute Gasteiger partial charge is 0.285 e. The molecule has 3 rings (SSSR count). The highest BCUT2D eigenvalue weighted by Crippen LogP contribution is 2.23. The minimum absolute atomic E-state index is 0.549. The monoisotopic (exact) mass is 355 g/mol. The van der Waals surface area contributed by atoms with E-state index in [2.05, 4.69) is 36.2 Å². The van der Waals surface area contributed by atoms with Crippen LogP contribution in [0.5, 0.6) is 0 Å². The number of carbonyl (C=O) groups excluding carboxylic acids is 1. The second-order valence-electron chi connectivity index (χ2n) is 5.23. The Kier molecular flexibility index (Phi) is 5.53. The molecule has 1 aromatic heterocycles. The first-order valence-corrected chi connectivity index (χ1v) is 7.31. The Labute approximate surface area is 146 Å². The molecule has 1 heterocycles. The summed E-state index contributed by atoms with van der Waals surface area (Å²) in [6.45, 7) is 2.06. The standard InChI is InChI=1S/C10H9N.C7H4N2O6/c1-8-6-7-9-4-2-3-5-10(9)11-8;10-7(11)5-2-1-4(8(12)13)3-6(5)9(14)15/h2-7H,1H3;1-3H,(H,10,11). The number of nitrogens with one attached hydrogen (secondary N) is 1. The van der Waals surface area contributed by atoms with Gasteiger partial charge in [-0.05, 0) is 18.2 Å². The number of aromatic nitrogens is 1. The van der Waals surface area contributed by atoms with Crippen molar-refractivity contribution in [2.75, 3.05) is 0 Å². The molecule has 0 saturated carbocycles. The summed E-state index contributed by atoms with van der Waals surface area (Å²) in [6.07, 6.45) is 0. The van der Waals surface area contributed by atoms with Gasteiger partial charge in [0.05, 0.1) is 27.4 Å². The van der Waals surface area contributed by atoms with Crippen molar-refractivity contribution < 1.29 is 24.7 Å². The number of fused-ring (bicyclic) bond motifs is 1. The van der Waals surface area contributed by atoms with E-state index < -0.39 is 32.8 Å². The van der Waals surface area contributed by atoms with E-state index in [-0.39, 0.29) is 0 Å². The van der Waals surface area contributed by atoms with Gasteiger partial charge in [0, 0.05) is 30.5 Å². The van der Waals surface area contributed by atoms with Gasteiger partial charge in [-0.1, -0.05) is 12.1 Å². The number of aryl methyl sites for hydroxylation is 1. The Morgan fingerprint density at radius 1 is 0.962 bits per heavy atom. The third-order valence-corrected chi connectivity index (χ3v) is 3.41. The van der Waals surface area contributed by atoms with E-state index in [1.807, 2.05) is 12.1 Å². The Morgan fingerprint density at radius 2 is 1.65 bits per heavy atom. The van der Waals surface area contributed by atoms with Crippen molar-refractivity contribution >= 4 is 28.2 Å². The van der Waals surface area contributed by atoms with Gasteiger partial charge < -0.3 is 9.90 Å². The van der Waals surface area contributed by atoms with Gasteiger partial charge >= 0.3 is 0 Å². The number of carbonyl (C=O) groups is 1. The van der Waals surface area contributed by atoms with E-state index in [0.717, 1.165) is 12.1 Å². The van der Waals surface area contributed by atoms with E-state index >= 15 is 0 Å². The number of carboxylic acid groups (broad SMARTS) is 1. The molecule has 0 aliphatic heterocycles. The average Bonchev–Trinajstić information content (AvgIpc) is 2.61. The number of pyridine rings is 1. The van der Waals surface area contributed by atoms with Gasteiger partial charge in [0.15, 0.2) is 5.69 Å². The largest absolute Gasteiger partial charge is 0.545 e. The molecule has 26 heavy (non-hydrogen) atoms. The van der Waals surface area contributed by atoms with Crippen molar-refractivity contribution in [2.45, 2.75) is 6.92 Å². The SMILES string of the molecule is Cc1ccc2ccccc2[nH+]1.O=C([O-])c1ccc([N+](=O)[O-])cc1[N+](=O)[O-]. The molecular weight excluding hydrogens is 342 g/mol. The number of nitrogens with zero attached hydrogens (tertiary/aromatic N) is 2. The summed E-state index contributed by atoms with van der Waals surface area (Å²) in [7, 11) is 0. The second-order valence-corrected chi connectivity index (χ2v) is 5.23. The second kappa shape index (κ2) is 7.79. The molecule has 0 aliphatic rings. The molecule has 0 saturated heterocycles. The number of aromatic carboxylic acids is 1. The molecule has 0 radical (unpaired) electrons. The fourth-order valence-corrected chi connectivity index (χ4v) is 2.18. The van der Waals surface area contributed by atoms with Crippen molar-refractivity contribution in [2.24, 2.45) is 0 Å². The fraction of sp³-hybridized carbons (Fsp3) is 0.0588. The van der Waals surface area contributed by atoms with Gasteiger partial charge in [0.25, 0.3) is 11.4 Å². The Bertz CT molecular complexity index is 1000. The molecule has 132 valence electrons. The number of rotatable bonds is 3. The topological polar surface area (TPSA) is 141 Å². The molecule has 0 spiro atoms. The van der Waals surface area contributed by atoms with Crippen molar-refractivity contribution in [3.05, 3.63) is 86.1 Å².